The van der Waals surface area contributed by atoms with E-state index in [1.54, 1.807) is 18.2 Å². The summed E-state index contributed by atoms with van der Waals surface area (Å²) in [5.41, 5.74) is 2.26. The van der Waals surface area contributed by atoms with E-state index >= 15 is 0 Å². The Morgan fingerprint density at radius 1 is 1.04 bits per heavy atom. The molecule has 3 aromatic rings. The average molecular weight is 374 g/mol. The van der Waals surface area contributed by atoms with Crippen molar-refractivity contribution >= 4 is 39.1 Å². The molecule has 0 unspecified atom stereocenters. The molecule has 7 heteroatoms. The van der Waals surface area contributed by atoms with Crippen molar-refractivity contribution in [3.63, 3.8) is 0 Å². The molecule has 1 heterocycles. The van der Waals surface area contributed by atoms with Gasteiger partial charge in [-0.05, 0) is 42.8 Å². The number of aromatic nitrogens is 3. The van der Waals surface area contributed by atoms with Crippen molar-refractivity contribution in [3.05, 3.63) is 64.5 Å². The first-order valence-corrected chi connectivity index (χ1v) is 7.65. The van der Waals surface area contributed by atoms with Gasteiger partial charge in [0.15, 0.2) is 5.82 Å². The SMILES string of the molecule is Cc1cc(Br)ccc1Nc1cnnc(Nc2ccccc2F)n1. The van der Waals surface area contributed by atoms with Crippen molar-refractivity contribution in [2.24, 2.45) is 0 Å². The van der Waals surface area contributed by atoms with Gasteiger partial charge in [0.1, 0.15) is 5.82 Å². The predicted molar refractivity (Wildman–Crippen MR) is 91.7 cm³/mol. The summed E-state index contributed by atoms with van der Waals surface area (Å²) in [5.74, 6) is 0.359. The summed E-state index contributed by atoms with van der Waals surface area (Å²) in [6, 6.07) is 12.2. The fraction of sp³-hybridized carbons (Fsp3) is 0.0625. The number of anilines is 4. The van der Waals surface area contributed by atoms with E-state index in [2.05, 4.69) is 41.7 Å². The lowest BCUT2D eigenvalue weighted by Crippen LogP contribution is -2.03. The number of nitrogens with one attached hydrogen (secondary N) is 2. The third kappa shape index (κ3) is 3.81. The molecule has 2 N–H and O–H groups in total. The minimum absolute atomic E-state index is 0.217. The molecule has 116 valence electrons. The molecule has 0 bridgehead atoms. The molecule has 0 spiro atoms. The molecule has 0 radical (unpaired) electrons. The number of rotatable bonds is 4. The monoisotopic (exact) mass is 373 g/mol. The molecular weight excluding hydrogens is 361 g/mol. The Morgan fingerprint density at radius 2 is 1.87 bits per heavy atom. The summed E-state index contributed by atoms with van der Waals surface area (Å²) in [6.45, 7) is 1.99. The highest BCUT2D eigenvalue weighted by atomic mass is 79.9. The van der Waals surface area contributed by atoms with Gasteiger partial charge in [0, 0.05) is 10.2 Å². The maximum atomic E-state index is 13.7. The lowest BCUT2D eigenvalue weighted by Gasteiger charge is -2.10. The number of para-hydroxylation sites is 1. The van der Waals surface area contributed by atoms with Crippen LogP contribution in [0.2, 0.25) is 0 Å². The van der Waals surface area contributed by atoms with Crippen LogP contribution in [0.3, 0.4) is 0 Å². The number of benzene rings is 2. The number of aryl methyl sites for hydroxylation is 1. The van der Waals surface area contributed by atoms with Gasteiger partial charge in [-0.15, -0.1) is 5.10 Å². The van der Waals surface area contributed by atoms with Gasteiger partial charge >= 0.3 is 0 Å². The van der Waals surface area contributed by atoms with Gasteiger partial charge in [-0.1, -0.05) is 28.1 Å². The van der Waals surface area contributed by atoms with Crippen molar-refractivity contribution in [3.8, 4) is 0 Å². The largest absolute Gasteiger partial charge is 0.339 e. The topological polar surface area (TPSA) is 62.7 Å². The molecule has 1 aromatic heterocycles. The van der Waals surface area contributed by atoms with Crippen LogP contribution in [0.1, 0.15) is 5.56 Å². The number of hydrogen-bond donors (Lipinski definition) is 2. The Kier molecular flexibility index (Phi) is 4.47. The highest BCUT2D eigenvalue weighted by Crippen LogP contribution is 2.23. The molecule has 0 atom stereocenters. The molecule has 0 aliphatic carbocycles. The minimum Gasteiger partial charge on any atom is -0.339 e. The number of nitrogens with zero attached hydrogens (tertiary/aromatic N) is 3. The van der Waals surface area contributed by atoms with E-state index in [0.717, 1.165) is 15.7 Å². The molecule has 0 saturated carbocycles. The lowest BCUT2D eigenvalue weighted by atomic mass is 10.2. The number of halogens is 2. The van der Waals surface area contributed by atoms with Crippen molar-refractivity contribution in [1.82, 2.24) is 15.2 Å². The van der Waals surface area contributed by atoms with Gasteiger partial charge in [0.05, 0.1) is 11.9 Å². The van der Waals surface area contributed by atoms with Gasteiger partial charge in [-0.2, -0.15) is 10.1 Å². The van der Waals surface area contributed by atoms with Crippen molar-refractivity contribution in [2.45, 2.75) is 6.92 Å². The van der Waals surface area contributed by atoms with Crippen LogP contribution in [0.4, 0.5) is 27.5 Å². The molecule has 0 saturated heterocycles. The summed E-state index contributed by atoms with van der Waals surface area (Å²) in [5, 5.41) is 13.7. The van der Waals surface area contributed by atoms with Gasteiger partial charge in [0.25, 0.3) is 0 Å². The van der Waals surface area contributed by atoms with E-state index in [1.807, 2.05) is 25.1 Å². The zero-order chi connectivity index (χ0) is 16.2. The van der Waals surface area contributed by atoms with Gasteiger partial charge in [-0.3, -0.25) is 0 Å². The smallest absolute Gasteiger partial charge is 0.249 e. The van der Waals surface area contributed by atoms with E-state index in [4.69, 9.17) is 0 Å². The van der Waals surface area contributed by atoms with Crippen LogP contribution in [0, 0.1) is 12.7 Å². The molecule has 0 aliphatic rings. The molecule has 2 aromatic carbocycles. The third-order valence-electron chi connectivity index (χ3n) is 3.13. The van der Waals surface area contributed by atoms with Crippen molar-refractivity contribution in [2.75, 3.05) is 10.6 Å². The molecule has 5 nitrogen and oxygen atoms in total. The first-order valence-electron chi connectivity index (χ1n) is 6.86. The molecule has 0 aliphatic heterocycles. The first-order chi connectivity index (χ1) is 11.1. The summed E-state index contributed by atoms with van der Waals surface area (Å²) in [7, 11) is 0. The zero-order valence-corrected chi connectivity index (χ0v) is 13.8. The Morgan fingerprint density at radius 3 is 2.65 bits per heavy atom. The van der Waals surface area contributed by atoms with Crippen LogP contribution in [0.15, 0.2) is 53.1 Å². The molecule has 0 amide bonds. The second-order valence-corrected chi connectivity index (χ2v) is 5.77. The van der Waals surface area contributed by atoms with Crippen molar-refractivity contribution < 1.29 is 4.39 Å². The van der Waals surface area contributed by atoms with Crippen LogP contribution in [-0.2, 0) is 0 Å². The van der Waals surface area contributed by atoms with Crippen LogP contribution >= 0.6 is 15.9 Å². The standard InChI is InChI=1S/C16H13BrFN5/c1-10-8-11(17)6-7-13(10)20-15-9-19-23-16(22-15)21-14-5-3-2-4-12(14)18/h2-9H,1H3,(H2,20,21,22,23). The van der Waals surface area contributed by atoms with E-state index in [1.165, 1.54) is 12.3 Å². The first kappa shape index (κ1) is 15.4. The van der Waals surface area contributed by atoms with E-state index in [0.29, 0.717) is 11.5 Å². The fourth-order valence-corrected chi connectivity index (χ4v) is 2.48. The molecular formula is C16H13BrFN5. The number of hydrogen-bond acceptors (Lipinski definition) is 5. The van der Waals surface area contributed by atoms with Crippen LogP contribution in [0.25, 0.3) is 0 Å². The Labute approximate surface area is 141 Å². The van der Waals surface area contributed by atoms with Crippen molar-refractivity contribution in [1.29, 1.82) is 0 Å². The molecule has 23 heavy (non-hydrogen) atoms. The quantitative estimate of drug-likeness (QED) is 0.701. The Hall–Kier alpha value is -2.54. The van der Waals surface area contributed by atoms with Gasteiger partial charge in [-0.25, -0.2) is 4.39 Å². The van der Waals surface area contributed by atoms with E-state index in [-0.39, 0.29) is 11.8 Å². The van der Waals surface area contributed by atoms with Crippen LogP contribution < -0.4 is 10.6 Å². The predicted octanol–water partition coefficient (Wildman–Crippen LogP) is 4.57. The molecule has 0 fully saturated rings. The second-order valence-electron chi connectivity index (χ2n) is 4.85. The minimum atomic E-state index is -0.377. The van der Waals surface area contributed by atoms with Crippen LogP contribution in [-0.4, -0.2) is 15.2 Å². The van der Waals surface area contributed by atoms with Crippen LogP contribution in [0.5, 0.6) is 0 Å². The summed E-state index contributed by atoms with van der Waals surface area (Å²) >= 11 is 3.43. The summed E-state index contributed by atoms with van der Waals surface area (Å²) < 4.78 is 14.7. The maximum Gasteiger partial charge on any atom is 0.249 e. The normalized spacial score (nSPS) is 10.4. The maximum absolute atomic E-state index is 13.7. The summed E-state index contributed by atoms with van der Waals surface area (Å²) in [6.07, 6.45) is 1.51. The lowest BCUT2D eigenvalue weighted by molar-refractivity contribution is 0.631. The zero-order valence-electron chi connectivity index (χ0n) is 12.2. The highest BCUT2D eigenvalue weighted by Gasteiger charge is 2.06. The van der Waals surface area contributed by atoms with E-state index in [9.17, 15) is 4.39 Å². The third-order valence-corrected chi connectivity index (χ3v) is 3.62. The van der Waals surface area contributed by atoms with Gasteiger partial charge < -0.3 is 10.6 Å². The fourth-order valence-electron chi connectivity index (χ4n) is 2.01. The molecule has 3 rings (SSSR count). The Balaban J connectivity index is 1.81. The highest BCUT2D eigenvalue weighted by molar-refractivity contribution is 9.10. The Bertz CT molecular complexity index is 840. The van der Waals surface area contributed by atoms with E-state index < -0.39 is 0 Å². The average Bonchev–Trinajstić information content (AvgIpc) is 2.53. The van der Waals surface area contributed by atoms with Gasteiger partial charge in [0.2, 0.25) is 5.95 Å². The summed E-state index contributed by atoms with van der Waals surface area (Å²) in [4.78, 5) is 4.29. The second kappa shape index (κ2) is 6.70.